The van der Waals surface area contributed by atoms with Crippen molar-refractivity contribution in [3.05, 3.63) is 27.3 Å². The van der Waals surface area contributed by atoms with Gasteiger partial charge in [0.15, 0.2) is 0 Å². The van der Waals surface area contributed by atoms with E-state index in [9.17, 15) is 4.79 Å². The summed E-state index contributed by atoms with van der Waals surface area (Å²) in [6.45, 7) is 1.64. The number of methoxy groups -OCH3 is 1. The Bertz CT molecular complexity index is 465. The number of hydrogen-bond donors (Lipinski definition) is 1. The van der Waals surface area contributed by atoms with Crippen LogP contribution in [0.4, 0.5) is 0 Å². The molecular formula is C14H19IN2O2. The number of halogens is 1. The van der Waals surface area contributed by atoms with Crippen molar-refractivity contribution in [2.45, 2.75) is 18.9 Å². The maximum Gasteiger partial charge on any atom is 0.254 e. The van der Waals surface area contributed by atoms with Crippen molar-refractivity contribution < 1.29 is 9.53 Å². The van der Waals surface area contributed by atoms with Gasteiger partial charge in [-0.05, 0) is 60.7 Å². The van der Waals surface area contributed by atoms with Crippen molar-refractivity contribution in [2.24, 2.45) is 0 Å². The number of nitrogens with one attached hydrogen (secondary N) is 1. The third kappa shape index (κ3) is 3.39. The van der Waals surface area contributed by atoms with Gasteiger partial charge in [0.1, 0.15) is 5.75 Å². The number of carbonyl (C=O) groups excluding carboxylic acids is 1. The summed E-state index contributed by atoms with van der Waals surface area (Å²) in [7, 11) is 3.59. The molecule has 1 fully saturated rings. The molecule has 1 heterocycles. The Kier molecular flexibility index (Phi) is 5.04. The first-order chi connectivity index (χ1) is 9.15. The van der Waals surface area contributed by atoms with Crippen LogP contribution < -0.4 is 10.1 Å². The van der Waals surface area contributed by atoms with Crippen LogP contribution >= 0.6 is 22.6 Å². The number of piperidine rings is 1. The quantitative estimate of drug-likeness (QED) is 0.825. The maximum atomic E-state index is 12.5. The molecule has 2 rings (SSSR count). The standard InChI is InChI=1S/C14H19IN2O2/c1-16-10-4-3-7-17(9-10)14(18)12-6-5-11(19-2)8-13(12)15/h5-6,8,10,16H,3-4,7,9H2,1-2H3. The third-order valence-corrected chi connectivity index (χ3v) is 4.42. The lowest BCUT2D eigenvalue weighted by Crippen LogP contribution is -2.47. The fourth-order valence-electron chi connectivity index (χ4n) is 2.36. The number of likely N-dealkylation sites (N-methyl/N-ethyl adjacent to an activating group) is 1. The predicted octanol–water partition coefficient (Wildman–Crippen LogP) is 2.12. The second kappa shape index (κ2) is 6.56. The van der Waals surface area contributed by atoms with Gasteiger partial charge in [-0.2, -0.15) is 0 Å². The monoisotopic (exact) mass is 374 g/mol. The van der Waals surface area contributed by atoms with Crippen LogP contribution in [0.2, 0.25) is 0 Å². The van der Waals surface area contributed by atoms with Crippen LogP contribution in [0.15, 0.2) is 18.2 Å². The van der Waals surface area contributed by atoms with Gasteiger partial charge in [-0.3, -0.25) is 4.79 Å². The van der Waals surface area contributed by atoms with Crippen LogP contribution in [0, 0.1) is 3.57 Å². The van der Waals surface area contributed by atoms with E-state index in [1.54, 1.807) is 7.11 Å². The minimum absolute atomic E-state index is 0.118. The van der Waals surface area contributed by atoms with E-state index in [1.165, 1.54) is 0 Å². The van der Waals surface area contributed by atoms with Crippen LogP contribution in [0.1, 0.15) is 23.2 Å². The molecule has 0 radical (unpaired) electrons. The number of benzene rings is 1. The number of ether oxygens (including phenoxy) is 1. The Hall–Kier alpha value is -0.820. The average Bonchev–Trinajstić information content (AvgIpc) is 2.46. The van der Waals surface area contributed by atoms with Gasteiger partial charge in [-0.1, -0.05) is 0 Å². The molecule has 4 nitrogen and oxygen atoms in total. The molecule has 1 unspecified atom stereocenters. The molecule has 0 aliphatic carbocycles. The van der Waals surface area contributed by atoms with E-state index in [0.717, 1.165) is 40.8 Å². The molecule has 1 aromatic carbocycles. The van der Waals surface area contributed by atoms with Gasteiger partial charge in [-0.15, -0.1) is 0 Å². The van der Waals surface area contributed by atoms with Crippen LogP contribution in [0.25, 0.3) is 0 Å². The second-order valence-corrected chi connectivity index (χ2v) is 5.89. The lowest BCUT2D eigenvalue weighted by Gasteiger charge is -2.32. The van der Waals surface area contributed by atoms with Crippen LogP contribution in [-0.2, 0) is 0 Å². The highest BCUT2D eigenvalue weighted by molar-refractivity contribution is 14.1. The van der Waals surface area contributed by atoms with E-state index in [2.05, 4.69) is 27.9 Å². The molecule has 1 N–H and O–H groups in total. The Morgan fingerprint density at radius 2 is 2.32 bits per heavy atom. The Morgan fingerprint density at radius 1 is 1.53 bits per heavy atom. The molecule has 19 heavy (non-hydrogen) atoms. The van der Waals surface area contributed by atoms with Gasteiger partial charge < -0.3 is 15.0 Å². The van der Waals surface area contributed by atoms with E-state index in [4.69, 9.17) is 4.74 Å². The molecule has 1 aliphatic rings. The summed E-state index contributed by atoms with van der Waals surface area (Å²) >= 11 is 2.19. The second-order valence-electron chi connectivity index (χ2n) is 4.72. The highest BCUT2D eigenvalue weighted by Crippen LogP contribution is 2.22. The molecular weight excluding hydrogens is 355 g/mol. The first-order valence-corrected chi connectivity index (χ1v) is 7.53. The number of carbonyl (C=O) groups is 1. The largest absolute Gasteiger partial charge is 0.497 e. The van der Waals surface area contributed by atoms with Crippen LogP contribution in [0.3, 0.4) is 0 Å². The van der Waals surface area contributed by atoms with Gasteiger partial charge in [0.05, 0.1) is 12.7 Å². The summed E-state index contributed by atoms with van der Waals surface area (Å²) < 4.78 is 6.11. The van der Waals surface area contributed by atoms with Crippen molar-refractivity contribution in [1.82, 2.24) is 10.2 Å². The number of nitrogens with zero attached hydrogens (tertiary/aromatic N) is 1. The van der Waals surface area contributed by atoms with Crippen molar-refractivity contribution in [3.8, 4) is 5.75 Å². The zero-order valence-corrected chi connectivity index (χ0v) is 13.4. The minimum atomic E-state index is 0.118. The van der Waals surface area contributed by atoms with Crippen molar-refractivity contribution in [2.75, 3.05) is 27.2 Å². The molecule has 0 saturated carbocycles. The number of rotatable bonds is 3. The molecule has 1 aliphatic heterocycles. The van der Waals surface area contributed by atoms with Gasteiger partial charge >= 0.3 is 0 Å². The van der Waals surface area contributed by atoms with Crippen LogP contribution in [0.5, 0.6) is 5.75 Å². The smallest absolute Gasteiger partial charge is 0.254 e. The van der Waals surface area contributed by atoms with Crippen LogP contribution in [-0.4, -0.2) is 44.1 Å². The summed E-state index contributed by atoms with van der Waals surface area (Å²) in [5.74, 6) is 0.902. The minimum Gasteiger partial charge on any atom is -0.497 e. The number of hydrogen-bond acceptors (Lipinski definition) is 3. The lowest BCUT2D eigenvalue weighted by atomic mass is 10.0. The third-order valence-electron chi connectivity index (χ3n) is 3.52. The van der Waals surface area contributed by atoms with E-state index in [0.29, 0.717) is 6.04 Å². The molecule has 1 amide bonds. The summed E-state index contributed by atoms with van der Waals surface area (Å²) in [6, 6.07) is 6.00. The van der Waals surface area contributed by atoms with E-state index < -0.39 is 0 Å². The Morgan fingerprint density at radius 3 is 2.95 bits per heavy atom. The van der Waals surface area contributed by atoms with E-state index >= 15 is 0 Å². The molecule has 104 valence electrons. The summed E-state index contributed by atoms with van der Waals surface area (Å²) in [4.78, 5) is 14.5. The highest BCUT2D eigenvalue weighted by atomic mass is 127. The summed E-state index contributed by atoms with van der Waals surface area (Å²) in [5.41, 5.74) is 0.762. The van der Waals surface area contributed by atoms with Crippen molar-refractivity contribution >= 4 is 28.5 Å². The first kappa shape index (κ1) is 14.6. The molecule has 1 saturated heterocycles. The molecule has 5 heteroatoms. The highest BCUT2D eigenvalue weighted by Gasteiger charge is 2.24. The zero-order valence-electron chi connectivity index (χ0n) is 11.3. The zero-order chi connectivity index (χ0) is 13.8. The SMILES string of the molecule is CNC1CCCN(C(=O)c2ccc(OC)cc2I)C1. The first-order valence-electron chi connectivity index (χ1n) is 6.45. The van der Waals surface area contributed by atoms with Gasteiger partial charge in [0.25, 0.3) is 5.91 Å². The van der Waals surface area contributed by atoms with E-state index in [1.807, 2.05) is 30.1 Å². The van der Waals surface area contributed by atoms with Gasteiger partial charge in [0.2, 0.25) is 0 Å². The molecule has 0 aromatic heterocycles. The summed E-state index contributed by atoms with van der Waals surface area (Å²) in [5, 5.41) is 3.26. The van der Waals surface area contributed by atoms with Gasteiger partial charge in [-0.25, -0.2) is 0 Å². The molecule has 0 spiro atoms. The van der Waals surface area contributed by atoms with Crippen molar-refractivity contribution in [3.63, 3.8) is 0 Å². The maximum absolute atomic E-state index is 12.5. The number of likely N-dealkylation sites (tertiary alicyclic amines) is 1. The fraction of sp³-hybridized carbons (Fsp3) is 0.500. The Balaban J connectivity index is 2.15. The average molecular weight is 374 g/mol. The Labute approximate surface area is 127 Å². The van der Waals surface area contributed by atoms with Gasteiger partial charge in [0, 0.05) is 22.7 Å². The topological polar surface area (TPSA) is 41.6 Å². The number of amides is 1. The lowest BCUT2D eigenvalue weighted by molar-refractivity contribution is 0.0697. The molecule has 1 aromatic rings. The summed E-state index contributed by atoms with van der Waals surface area (Å²) in [6.07, 6.45) is 2.20. The molecule has 1 atom stereocenters. The molecule has 0 bridgehead atoms. The predicted molar refractivity (Wildman–Crippen MR) is 83.7 cm³/mol. The fourth-order valence-corrected chi connectivity index (χ4v) is 3.08. The van der Waals surface area contributed by atoms with Crippen molar-refractivity contribution in [1.29, 1.82) is 0 Å². The normalized spacial score (nSPS) is 19.3. The van der Waals surface area contributed by atoms with E-state index in [-0.39, 0.29) is 5.91 Å².